The summed E-state index contributed by atoms with van der Waals surface area (Å²) in [5.74, 6) is -0.320. The fourth-order valence-corrected chi connectivity index (χ4v) is 2.93. The van der Waals surface area contributed by atoms with Gasteiger partial charge in [-0.05, 0) is 50.2 Å². The summed E-state index contributed by atoms with van der Waals surface area (Å²) in [6, 6.07) is 7.15. The maximum atomic E-state index is 13.5. The summed E-state index contributed by atoms with van der Waals surface area (Å²) in [5.41, 5.74) is 1.30. The molecule has 0 bridgehead atoms. The molecule has 1 aliphatic heterocycles. The molecule has 0 saturated carbocycles. The minimum absolute atomic E-state index is 0.320. The molecular formula is C16H22FN3. The third kappa shape index (κ3) is 3.78. The van der Waals surface area contributed by atoms with Gasteiger partial charge >= 0.3 is 0 Å². The van der Waals surface area contributed by atoms with E-state index < -0.39 is 0 Å². The molecule has 2 rings (SSSR count). The number of likely N-dealkylation sites (N-methyl/N-ethyl adjacent to an activating group) is 1. The van der Waals surface area contributed by atoms with Gasteiger partial charge in [-0.3, -0.25) is 4.90 Å². The standard InChI is InChI=1S/C16H22FN3/c1-3-16-12-19(2)5-4-6-20(16)11-14-7-13(10-18)8-15(17)9-14/h7-9,16H,3-6,11-12H2,1-2H3. The topological polar surface area (TPSA) is 30.3 Å². The van der Waals surface area contributed by atoms with Gasteiger partial charge in [0.05, 0.1) is 11.6 Å². The average molecular weight is 275 g/mol. The summed E-state index contributed by atoms with van der Waals surface area (Å²) in [7, 11) is 2.15. The second kappa shape index (κ2) is 6.83. The molecule has 1 aliphatic rings. The first-order chi connectivity index (χ1) is 9.62. The van der Waals surface area contributed by atoms with Crippen molar-refractivity contribution >= 4 is 0 Å². The molecule has 1 heterocycles. The molecule has 0 spiro atoms. The van der Waals surface area contributed by atoms with E-state index in [-0.39, 0.29) is 5.82 Å². The van der Waals surface area contributed by atoms with Crippen LogP contribution in [0.4, 0.5) is 4.39 Å². The minimum atomic E-state index is -0.320. The van der Waals surface area contributed by atoms with E-state index in [1.165, 1.54) is 6.07 Å². The molecule has 1 aromatic rings. The highest BCUT2D eigenvalue weighted by molar-refractivity contribution is 5.33. The minimum Gasteiger partial charge on any atom is -0.305 e. The van der Waals surface area contributed by atoms with Crippen LogP contribution in [0.25, 0.3) is 0 Å². The number of rotatable bonds is 3. The van der Waals surface area contributed by atoms with Crippen LogP contribution in [0.5, 0.6) is 0 Å². The van der Waals surface area contributed by atoms with Crippen molar-refractivity contribution in [3.8, 4) is 6.07 Å². The molecule has 1 saturated heterocycles. The molecular weight excluding hydrogens is 253 g/mol. The van der Waals surface area contributed by atoms with Gasteiger partial charge in [0.1, 0.15) is 5.82 Å². The van der Waals surface area contributed by atoms with Gasteiger partial charge in [0, 0.05) is 25.7 Å². The SMILES string of the molecule is CCC1CN(C)CCCN1Cc1cc(F)cc(C#N)c1. The van der Waals surface area contributed by atoms with E-state index in [4.69, 9.17) is 5.26 Å². The van der Waals surface area contributed by atoms with Gasteiger partial charge in [-0.1, -0.05) is 6.92 Å². The highest BCUT2D eigenvalue weighted by Gasteiger charge is 2.22. The van der Waals surface area contributed by atoms with E-state index >= 15 is 0 Å². The molecule has 0 N–H and O–H groups in total. The number of halogens is 1. The summed E-state index contributed by atoms with van der Waals surface area (Å²) in [6.45, 7) is 6.11. The quantitative estimate of drug-likeness (QED) is 0.849. The van der Waals surface area contributed by atoms with E-state index in [9.17, 15) is 4.39 Å². The molecule has 0 aliphatic carbocycles. The zero-order chi connectivity index (χ0) is 14.5. The van der Waals surface area contributed by atoms with E-state index in [2.05, 4.69) is 23.8 Å². The van der Waals surface area contributed by atoms with Gasteiger partial charge < -0.3 is 4.90 Å². The third-order valence-corrected chi connectivity index (χ3v) is 3.97. The fourth-order valence-electron chi connectivity index (χ4n) is 2.93. The molecule has 20 heavy (non-hydrogen) atoms. The molecule has 3 nitrogen and oxygen atoms in total. The molecule has 1 fully saturated rings. The van der Waals surface area contributed by atoms with E-state index in [0.29, 0.717) is 11.6 Å². The maximum Gasteiger partial charge on any atom is 0.124 e. The van der Waals surface area contributed by atoms with Crippen molar-refractivity contribution in [3.05, 3.63) is 35.1 Å². The normalized spacial score (nSPS) is 21.4. The summed E-state index contributed by atoms with van der Waals surface area (Å²) >= 11 is 0. The van der Waals surface area contributed by atoms with E-state index in [0.717, 1.165) is 44.6 Å². The molecule has 0 radical (unpaired) electrons. The second-order valence-electron chi connectivity index (χ2n) is 5.61. The predicted molar refractivity (Wildman–Crippen MR) is 77.7 cm³/mol. The van der Waals surface area contributed by atoms with Crippen LogP contribution in [0, 0.1) is 17.1 Å². The Morgan fingerprint density at radius 3 is 2.85 bits per heavy atom. The van der Waals surface area contributed by atoms with Crippen LogP contribution in [0.3, 0.4) is 0 Å². The smallest absolute Gasteiger partial charge is 0.124 e. The van der Waals surface area contributed by atoms with E-state index in [1.54, 1.807) is 12.1 Å². The first-order valence-electron chi connectivity index (χ1n) is 7.24. The van der Waals surface area contributed by atoms with Crippen molar-refractivity contribution in [2.75, 3.05) is 26.7 Å². The highest BCUT2D eigenvalue weighted by atomic mass is 19.1. The Morgan fingerprint density at radius 1 is 1.35 bits per heavy atom. The molecule has 4 heteroatoms. The van der Waals surface area contributed by atoms with Gasteiger partial charge in [-0.15, -0.1) is 0 Å². The molecule has 108 valence electrons. The lowest BCUT2D eigenvalue weighted by molar-refractivity contribution is 0.176. The Morgan fingerprint density at radius 2 is 2.15 bits per heavy atom. The van der Waals surface area contributed by atoms with Gasteiger partial charge in [0.25, 0.3) is 0 Å². The third-order valence-electron chi connectivity index (χ3n) is 3.97. The van der Waals surface area contributed by atoms with Crippen LogP contribution in [0.15, 0.2) is 18.2 Å². The number of hydrogen-bond donors (Lipinski definition) is 0. The Balaban J connectivity index is 2.15. The molecule has 1 aromatic carbocycles. The number of nitrogens with zero attached hydrogens (tertiary/aromatic N) is 3. The molecule has 0 aromatic heterocycles. The van der Waals surface area contributed by atoms with Crippen molar-refractivity contribution in [1.29, 1.82) is 5.26 Å². The molecule has 1 unspecified atom stereocenters. The zero-order valence-electron chi connectivity index (χ0n) is 12.3. The van der Waals surface area contributed by atoms with Crippen molar-refractivity contribution in [3.63, 3.8) is 0 Å². The Labute approximate surface area is 120 Å². The van der Waals surface area contributed by atoms with Gasteiger partial charge in [0.15, 0.2) is 0 Å². The van der Waals surface area contributed by atoms with Crippen LogP contribution in [0.2, 0.25) is 0 Å². The van der Waals surface area contributed by atoms with Crippen molar-refractivity contribution in [1.82, 2.24) is 9.80 Å². The van der Waals surface area contributed by atoms with Gasteiger partial charge in [0.2, 0.25) is 0 Å². The molecule has 0 amide bonds. The first-order valence-corrected chi connectivity index (χ1v) is 7.24. The van der Waals surface area contributed by atoms with Crippen LogP contribution < -0.4 is 0 Å². The second-order valence-corrected chi connectivity index (χ2v) is 5.61. The summed E-state index contributed by atoms with van der Waals surface area (Å²) < 4.78 is 13.5. The van der Waals surface area contributed by atoms with E-state index in [1.807, 2.05) is 6.07 Å². The van der Waals surface area contributed by atoms with Crippen LogP contribution in [-0.4, -0.2) is 42.5 Å². The zero-order valence-corrected chi connectivity index (χ0v) is 12.3. The lowest BCUT2D eigenvalue weighted by Crippen LogP contribution is -2.39. The number of benzene rings is 1. The van der Waals surface area contributed by atoms with Crippen LogP contribution in [-0.2, 0) is 6.54 Å². The van der Waals surface area contributed by atoms with Crippen LogP contribution in [0.1, 0.15) is 30.9 Å². The Bertz CT molecular complexity index is 495. The lowest BCUT2D eigenvalue weighted by Gasteiger charge is -2.30. The van der Waals surface area contributed by atoms with Crippen molar-refractivity contribution in [2.24, 2.45) is 0 Å². The van der Waals surface area contributed by atoms with Crippen molar-refractivity contribution in [2.45, 2.75) is 32.4 Å². The highest BCUT2D eigenvalue weighted by Crippen LogP contribution is 2.17. The largest absolute Gasteiger partial charge is 0.305 e. The monoisotopic (exact) mass is 275 g/mol. The van der Waals surface area contributed by atoms with Crippen molar-refractivity contribution < 1.29 is 4.39 Å². The summed E-state index contributed by atoms with van der Waals surface area (Å²) in [6.07, 6.45) is 2.22. The summed E-state index contributed by atoms with van der Waals surface area (Å²) in [4.78, 5) is 4.78. The Kier molecular flexibility index (Phi) is 5.11. The maximum absolute atomic E-state index is 13.5. The summed E-state index contributed by atoms with van der Waals surface area (Å²) in [5, 5.41) is 8.93. The lowest BCUT2D eigenvalue weighted by atomic mass is 10.1. The average Bonchev–Trinajstić information content (AvgIpc) is 2.59. The van der Waals surface area contributed by atoms with Gasteiger partial charge in [-0.2, -0.15) is 5.26 Å². The Hall–Kier alpha value is -1.44. The first kappa shape index (κ1) is 15.0. The van der Waals surface area contributed by atoms with Gasteiger partial charge in [-0.25, -0.2) is 4.39 Å². The predicted octanol–water partition coefficient (Wildman–Crippen LogP) is 2.61. The fraction of sp³-hybridized carbons (Fsp3) is 0.562. The number of hydrogen-bond acceptors (Lipinski definition) is 3. The molecule has 1 atom stereocenters. The number of nitriles is 1. The van der Waals surface area contributed by atoms with Crippen LogP contribution >= 0.6 is 0 Å².